The van der Waals surface area contributed by atoms with Crippen molar-refractivity contribution in [1.29, 1.82) is 0 Å². The van der Waals surface area contributed by atoms with E-state index in [1.54, 1.807) is 12.1 Å². The first-order valence-electron chi connectivity index (χ1n) is 5.06. The molecule has 0 saturated heterocycles. The van der Waals surface area contributed by atoms with Crippen LogP contribution in [0.3, 0.4) is 0 Å². The Balaban J connectivity index is 2.76. The number of carbonyl (C=O) groups is 1. The van der Waals surface area contributed by atoms with Crippen LogP contribution in [0.15, 0.2) is 24.3 Å². The highest BCUT2D eigenvalue weighted by atomic mass is 16.5. The maximum absolute atomic E-state index is 11.4. The molecule has 82 valence electrons. The van der Waals surface area contributed by atoms with E-state index < -0.39 is 0 Å². The molecule has 0 atom stereocenters. The second-order valence-electron chi connectivity index (χ2n) is 4.12. The SMILES string of the molecule is CC(C)Cc1ccc(C(=O)N(C)O)cc1. The molecule has 0 aliphatic rings. The van der Waals surface area contributed by atoms with Gasteiger partial charge in [-0.1, -0.05) is 26.0 Å². The summed E-state index contributed by atoms with van der Waals surface area (Å²) < 4.78 is 0. The lowest BCUT2D eigenvalue weighted by atomic mass is 10.0. The molecule has 0 aromatic heterocycles. The smallest absolute Gasteiger partial charge is 0.276 e. The van der Waals surface area contributed by atoms with Gasteiger partial charge in [-0.2, -0.15) is 0 Å². The van der Waals surface area contributed by atoms with Gasteiger partial charge >= 0.3 is 0 Å². The Morgan fingerprint density at radius 3 is 2.27 bits per heavy atom. The quantitative estimate of drug-likeness (QED) is 0.610. The van der Waals surface area contributed by atoms with E-state index in [0.717, 1.165) is 6.42 Å². The van der Waals surface area contributed by atoms with Crippen molar-refractivity contribution in [2.45, 2.75) is 20.3 Å². The molecule has 1 amide bonds. The van der Waals surface area contributed by atoms with Gasteiger partial charge in [0.2, 0.25) is 0 Å². The first-order valence-corrected chi connectivity index (χ1v) is 5.06. The Hall–Kier alpha value is -1.35. The third-order valence-corrected chi connectivity index (χ3v) is 2.14. The summed E-state index contributed by atoms with van der Waals surface area (Å²) in [5.74, 6) is 0.221. The predicted octanol–water partition coefficient (Wildman–Crippen LogP) is 2.35. The van der Waals surface area contributed by atoms with E-state index in [2.05, 4.69) is 13.8 Å². The van der Waals surface area contributed by atoms with Gasteiger partial charge in [-0.3, -0.25) is 10.0 Å². The average Bonchev–Trinajstić information content (AvgIpc) is 2.17. The van der Waals surface area contributed by atoms with Gasteiger partial charge < -0.3 is 0 Å². The number of hydrogen-bond acceptors (Lipinski definition) is 2. The second-order valence-corrected chi connectivity index (χ2v) is 4.12. The Morgan fingerprint density at radius 2 is 1.87 bits per heavy atom. The summed E-state index contributed by atoms with van der Waals surface area (Å²) >= 11 is 0. The molecule has 0 radical (unpaired) electrons. The summed E-state index contributed by atoms with van der Waals surface area (Å²) in [4.78, 5) is 11.4. The minimum atomic E-state index is -0.383. The third kappa shape index (κ3) is 3.36. The number of rotatable bonds is 3. The van der Waals surface area contributed by atoms with Crippen LogP contribution in [0, 0.1) is 5.92 Å². The minimum absolute atomic E-state index is 0.383. The maximum atomic E-state index is 11.4. The van der Waals surface area contributed by atoms with Crippen LogP contribution < -0.4 is 0 Å². The zero-order chi connectivity index (χ0) is 11.4. The van der Waals surface area contributed by atoms with E-state index >= 15 is 0 Å². The highest BCUT2D eigenvalue weighted by molar-refractivity contribution is 5.93. The Kier molecular flexibility index (Phi) is 3.86. The van der Waals surface area contributed by atoms with E-state index in [9.17, 15) is 4.79 Å². The molecule has 1 aromatic carbocycles. The number of hydroxylamine groups is 2. The summed E-state index contributed by atoms with van der Waals surface area (Å²) in [5.41, 5.74) is 1.72. The molecule has 0 bridgehead atoms. The summed E-state index contributed by atoms with van der Waals surface area (Å²) in [6, 6.07) is 7.34. The normalized spacial score (nSPS) is 10.5. The van der Waals surface area contributed by atoms with Crippen LogP contribution in [0.4, 0.5) is 0 Å². The van der Waals surface area contributed by atoms with E-state index in [1.165, 1.54) is 12.6 Å². The molecule has 0 unspecified atom stereocenters. The first kappa shape index (κ1) is 11.7. The lowest BCUT2D eigenvalue weighted by Crippen LogP contribution is -2.22. The molecule has 0 fully saturated rings. The third-order valence-electron chi connectivity index (χ3n) is 2.14. The fourth-order valence-electron chi connectivity index (χ4n) is 1.44. The van der Waals surface area contributed by atoms with Crippen LogP contribution in [0.25, 0.3) is 0 Å². The van der Waals surface area contributed by atoms with Crippen molar-refractivity contribution in [3.05, 3.63) is 35.4 Å². The Bertz CT molecular complexity index is 328. The van der Waals surface area contributed by atoms with Crippen molar-refractivity contribution in [3.63, 3.8) is 0 Å². The predicted molar refractivity (Wildman–Crippen MR) is 58.9 cm³/mol. The van der Waals surface area contributed by atoms with Gasteiger partial charge in [0.1, 0.15) is 0 Å². The van der Waals surface area contributed by atoms with Crippen LogP contribution in [-0.4, -0.2) is 23.2 Å². The summed E-state index contributed by atoms with van der Waals surface area (Å²) in [7, 11) is 1.32. The number of nitrogens with zero attached hydrogens (tertiary/aromatic N) is 1. The van der Waals surface area contributed by atoms with Crippen molar-refractivity contribution < 1.29 is 10.0 Å². The van der Waals surface area contributed by atoms with Gasteiger partial charge in [0.25, 0.3) is 5.91 Å². The van der Waals surface area contributed by atoms with Crippen LogP contribution in [0.1, 0.15) is 29.8 Å². The van der Waals surface area contributed by atoms with Crippen molar-refractivity contribution >= 4 is 5.91 Å². The van der Waals surface area contributed by atoms with Gasteiger partial charge in [-0.15, -0.1) is 0 Å². The molecule has 3 nitrogen and oxygen atoms in total. The molecule has 15 heavy (non-hydrogen) atoms. The zero-order valence-corrected chi connectivity index (χ0v) is 9.40. The van der Waals surface area contributed by atoms with Crippen molar-refractivity contribution in [2.24, 2.45) is 5.92 Å². The van der Waals surface area contributed by atoms with Gasteiger partial charge in [0, 0.05) is 12.6 Å². The largest absolute Gasteiger partial charge is 0.286 e. The lowest BCUT2D eigenvalue weighted by Gasteiger charge is -2.09. The Labute approximate surface area is 90.3 Å². The number of carbonyl (C=O) groups excluding carboxylic acids is 1. The molecule has 0 spiro atoms. The summed E-state index contributed by atoms with van der Waals surface area (Å²) in [6.45, 7) is 4.31. The molecule has 0 aliphatic heterocycles. The molecule has 1 N–H and O–H groups in total. The van der Waals surface area contributed by atoms with Crippen molar-refractivity contribution in [3.8, 4) is 0 Å². The highest BCUT2D eigenvalue weighted by Crippen LogP contribution is 2.10. The minimum Gasteiger partial charge on any atom is -0.286 e. The van der Waals surface area contributed by atoms with Crippen molar-refractivity contribution in [1.82, 2.24) is 5.06 Å². The standard InChI is InChI=1S/C12H17NO2/c1-9(2)8-10-4-6-11(7-5-10)12(14)13(3)15/h4-7,9,15H,8H2,1-3H3. The van der Waals surface area contributed by atoms with Crippen LogP contribution in [-0.2, 0) is 6.42 Å². The molecule has 3 heteroatoms. The summed E-state index contributed by atoms with van der Waals surface area (Å²) in [5, 5.41) is 9.57. The van der Waals surface area contributed by atoms with Gasteiger partial charge in [-0.05, 0) is 30.0 Å². The topological polar surface area (TPSA) is 40.5 Å². The average molecular weight is 207 g/mol. The fourth-order valence-corrected chi connectivity index (χ4v) is 1.44. The van der Waals surface area contributed by atoms with Gasteiger partial charge in [-0.25, -0.2) is 5.06 Å². The van der Waals surface area contributed by atoms with Gasteiger partial charge in [0.15, 0.2) is 0 Å². The van der Waals surface area contributed by atoms with E-state index in [0.29, 0.717) is 16.5 Å². The van der Waals surface area contributed by atoms with Crippen LogP contribution >= 0.6 is 0 Å². The molecule has 0 heterocycles. The first-order chi connectivity index (χ1) is 7.00. The molecule has 0 saturated carbocycles. The molecule has 1 rings (SSSR count). The number of benzene rings is 1. The number of amides is 1. The maximum Gasteiger partial charge on any atom is 0.276 e. The highest BCUT2D eigenvalue weighted by Gasteiger charge is 2.08. The zero-order valence-electron chi connectivity index (χ0n) is 9.40. The second kappa shape index (κ2) is 4.94. The van der Waals surface area contributed by atoms with Crippen molar-refractivity contribution in [2.75, 3.05) is 7.05 Å². The van der Waals surface area contributed by atoms with Gasteiger partial charge in [0.05, 0.1) is 0 Å². The van der Waals surface area contributed by atoms with E-state index in [4.69, 9.17) is 5.21 Å². The molecule has 0 aliphatic carbocycles. The lowest BCUT2D eigenvalue weighted by molar-refractivity contribution is -0.0374. The van der Waals surface area contributed by atoms with Crippen LogP contribution in [0.5, 0.6) is 0 Å². The molecular formula is C12H17NO2. The Morgan fingerprint density at radius 1 is 1.33 bits per heavy atom. The van der Waals surface area contributed by atoms with E-state index in [-0.39, 0.29) is 5.91 Å². The molecular weight excluding hydrogens is 190 g/mol. The fraction of sp³-hybridized carbons (Fsp3) is 0.417. The summed E-state index contributed by atoms with van der Waals surface area (Å²) in [6.07, 6.45) is 1.00. The van der Waals surface area contributed by atoms with Crippen LogP contribution in [0.2, 0.25) is 0 Å². The molecule has 1 aromatic rings. The van der Waals surface area contributed by atoms with E-state index in [1.807, 2.05) is 12.1 Å². The number of hydrogen-bond donors (Lipinski definition) is 1. The monoisotopic (exact) mass is 207 g/mol.